The van der Waals surface area contributed by atoms with E-state index in [1.807, 2.05) is 88.4 Å². The van der Waals surface area contributed by atoms with Gasteiger partial charge in [-0.25, -0.2) is 16.5 Å². The smallest absolute Gasteiger partial charge is 0.284 e. The van der Waals surface area contributed by atoms with Gasteiger partial charge in [-0.1, -0.05) is 74.5 Å². The minimum absolute atomic E-state index is 0.167. The van der Waals surface area contributed by atoms with E-state index >= 15 is 0 Å². The molecule has 32 heavy (non-hydrogen) atoms. The zero-order valence-corrected chi connectivity index (χ0v) is 18.8. The van der Waals surface area contributed by atoms with Crippen LogP contribution in [0.25, 0.3) is 27.6 Å². The summed E-state index contributed by atoms with van der Waals surface area (Å²) in [5, 5.41) is 14.1. The van der Waals surface area contributed by atoms with Crippen molar-refractivity contribution < 1.29 is 0 Å². The van der Waals surface area contributed by atoms with Gasteiger partial charge in [0.05, 0.1) is 0 Å². The molecule has 0 aliphatic rings. The standard InChI is InChI=1S/C12H12N4.C12H16N4/c1-12(2,13-3)11-14-10(15-16-11)9-7-5-4-6-8-9;1-12(2,8-13)11-14-10(15-16-11)9-6-4-3-5-7-9/h4-8H,1-2H3,(H,14,15,16);3-7H,8,13H2,1-2H3,(H,14,15,16). The molecule has 0 saturated heterocycles. The molecule has 0 bridgehead atoms. The summed E-state index contributed by atoms with van der Waals surface area (Å²) < 4.78 is 0. The summed E-state index contributed by atoms with van der Waals surface area (Å²) in [6, 6.07) is 19.6. The zero-order chi connectivity index (χ0) is 23.2. The van der Waals surface area contributed by atoms with Gasteiger partial charge in [-0.15, -0.1) is 0 Å². The average Bonchev–Trinajstić information content (AvgIpc) is 3.52. The van der Waals surface area contributed by atoms with Crippen molar-refractivity contribution >= 4 is 0 Å². The number of hydrogen-bond donors (Lipinski definition) is 3. The summed E-state index contributed by atoms with van der Waals surface area (Å²) in [6.07, 6.45) is 0. The molecule has 0 atom stereocenters. The molecule has 0 aliphatic carbocycles. The lowest BCUT2D eigenvalue weighted by Crippen LogP contribution is -2.29. The van der Waals surface area contributed by atoms with Gasteiger partial charge in [0, 0.05) is 36.9 Å². The Balaban J connectivity index is 0.000000181. The number of aromatic amines is 2. The maximum atomic E-state index is 7.09. The first-order valence-electron chi connectivity index (χ1n) is 10.3. The topological polar surface area (TPSA) is 114 Å². The van der Waals surface area contributed by atoms with Crippen LogP contribution in [0.5, 0.6) is 0 Å². The largest absolute Gasteiger partial charge is 0.329 e. The van der Waals surface area contributed by atoms with Crippen molar-refractivity contribution in [2.75, 3.05) is 6.54 Å². The lowest BCUT2D eigenvalue weighted by Gasteiger charge is -2.17. The predicted molar refractivity (Wildman–Crippen MR) is 125 cm³/mol. The van der Waals surface area contributed by atoms with E-state index in [1.165, 1.54) is 0 Å². The van der Waals surface area contributed by atoms with Crippen molar-refractivity contribution in [3.63, 3.8) is 0 Å². The van der Waals surface area contributed by atoms with Gasteiger partial charge in [0.25, 0.3) is 5.54 Å². The Labute approximate surface area is 188 Å². The number of aromatic nitrogens is 6. The molecule has 0 radical (unpaired) electrons. The first kappa shape index (κ1) is 22.8. The van der Waals surface area contributed by atoms with Crippen LogP contribution in [0.2, 0.25) is 0 Å². The fourth-order valence-electron chi connectivity index (χ4n) is 2.68. The third-order valence-electron chi connectivity index (χ3n) is 5.05. The van der Waals surface area contributed by atoms with E-state index in [0.29, 0.717) is 18.2 Å². The van der Waals surface area contributed by atoms with Crippen LogP contribution in [0.4, 0.5) is 0 Å². The van der Waals surface area contributed by atoms with Gasteiger partial charge in [0.2, 0.25) is 5.82 Å². The van der Waals surface area contributed by atoms with Crippen molar-refractivity contribution in [2.24, 2.45) is 5.73 Å². The van der Waals surface area contributed by atoms with Crippen LogP contribution < -0.4 is 5.73 Å². The minimum atomic E-state index is -0.653. The van der Waals surface area contributed by atoms with Gasteiger partial charge in [0.1, 0.15) is 5.82 Å². The summed E-state index contributed by atoms with van der Waals surface area (Å²) in [7, 11) is 0. The highest BCUT2D eigenvalue weighted by Gasteiger charge is 2.30. The van der Waals surface area contributed by atoms with Crippen molar-refractivity contribution in [3.8, 4) is 22.8 Å². The fourth-order valence-corrected chi connectivity index (χ4v) is 2.68. The number of H-pyrrole nitrogens is 2. The van der Waals surface area contributed by atoms with E-state index in [1.54, 1.807) is 0 Å². The summed E-state index contributed by atoms with van der Waals surface area (Å²) in [5.41, 5.74) is 6.84. The number of nitrogens with one attached hydrogen (secondary N) is 2. The van der Waals surface area contributed by atoms with E-state index in [2.05, 4.69) is 35.2 Å². The molecule has 0 spiro atoms. The van der Waals surface area contributed by atoms with Gasteiger partial charge in [-0.3, -0.25) is 10.2 Å². The van der Waals surface area contributed by atoms with Crippen LogP contribution in [-0.2, 0) is 11.0 Å². The van der Waals surface area contributed by atoms with Gasteiger partial charge < -0.3 is 10.6 Å². The molecule has 0 saturated carbocycles. The van der Waals surface area contributed by atoms with E-state index in [4.69, 9.17) is 12.3 Å². The molecule has 164 valence electrons. The zero-order valence-electron chi connectivity index (χ0n) is 18.8. The molecule has 2 heterocycles. The molecular formula is C24H28N8. The fraction of sp³-hybridized carbons (Fsp3) is 0.292. The molecule has 4 N–H and O–H groups in total. The van der Waals surface area contributed by atoms with Gasteiger partial charge in [-0.05, 0) is 0 Å². The molecule has 8 heteroatoms. The van der Waals surface area contributed by atoms with Crippen LogP contribution in [-0.4, -0.2) is 36.9 Å². The molecule has 0 aliphatic heterocycles. The van der Waals surface area contributed by atoms with Crippen molar-refractivity contribution in [2.45, 2.75) is 38.6 Å². The Kier molecular flexibility index (Phi) is 6.81. The first-order valence-corrected chi connectivity index (χ1v) is 10.3. The normalized spacial score (nSPS) is 11.4. The molecule has 0 fully saturated rings. The highest BCUT2D eigenvalue weighted by molar-refractivity contribution is 5.54. The quantitative estimate of drug-likeness (QED) is 0.409. The molecule has 0 amide bonds. The number of nitrogens with zero attached hydrogens (tertiary/aromatic N) is 5. The lowest BCUT2D eigenvalue weighted by atomic mass is 9.93. The minimum Gasteiger partial charge on any atom is -0.329 e. The maximum absolute atomic E-state index is 7.09. The molecule has 2 aromatic carbocycles. The Bertz CT molecular complexity index is 1170. The Hall–Kier alpha value is -3.83. The summed E-state index contributed by atoms with van der Waals surface area (Å²) in [4.78, 5) is 12.3. The number of benzene rings is 2. The third kappa shape index (κ3) is 5.25. The van der Waals surface area contributed by atoms with Crippen molar-refractivity contribution in [1.82, 2.24) is 30.4 Å². The monoisotopic (exact) mass is 428 g/mol. The third-order valence-corrected chi connectivity index (χ3v) is 5.05. The second-order valence-electron chi connectivity index (χ2n) is 8.51. The summed E-state index contributed by atoms with van der Waals surface area (Å²) in [6.45, 7) is 15.3. The van der Waals surface area contributed by atoms with E-state index in [9.17, 15) is 0 Å². The average molecular weight is 429 g/mol. The van der Waals surface area contributed by atoms with E-state index in [0.717, 1.165) is 22.8 Å². The highest BCUT2D eigenvalue weighted by atomic mass is 15.2. The Morgan fingerprint density at radius 1 is 0.781 bits per heavy atom. The Morgan fingerprint density at radius 3 is 1.66 bits per heavy atom. The van der Waals surface area contributed by atoms with Crippen LogP contribution in [0.3, 0.4) is 0 Å². The van der Waals surface area contributed by atoms with Crippen LogP contribution in [0.15, 0.2) is 60.7 Å². The van der Waals surface area contributed by atoms with Crippen LogP contribution in [0.1, 0.15) is 39.3 Å². The van der Waals surface area contributed by atoms with Crippen LogP contribution >= 0.6 is 0 Å². The second-order valence-corrected chi connectivity index (χ2v) is 8.51. The molecular weight excluding hydrogens is 400 g/mol. The van der Waals surface area contributed by atoms with E-state index < -0.39 is 5.54 Å². The molecule has 4 rings (SSSR count). The summed E-state index contributed by atoms with van der Waals surface area (Å²) >= 11 is 0. The Morgan fingerprint density at radius 2 is 1.22 bits per heavy atom. The predicted octanol–water partition coefficient (Wildman–Crippen LogP) is 4.33. The van der Waals surface area contributed by atoms with Crippen LogP contribution in [0, 0.1) is 6.57 Å². The lowest BCUT2D eigenvalue weighted by molar-refractivity contribution is 0.504. The van der Waals surface area contributed by atoms with Crippen molar-refractivity contribution in [3.05, 3.63) is 83.7 Å². The number of rotatable bonds is 5. The maximum Gasteiger partial charge on any atom is 0.284 e. The summed E-state index contributed by atoms with van der Waals surface area (Å²) in [5.74, 6) is 2.78. The molecule has 0 unspecified atom stereocenters. The SMILES string of the molecule is CC(C)(CN)c1nc(-c2ccccc2)n[nH]1.[C-]#[N+]C(C)(C)c1nc(-c2ccccc2)n[nH]1. The second kappa shape index (κ2) is 9.54. The van der Waals surface area contributed by atoms with Gasteiger partial charge >= 0.3 is 0 Å². The van der Waals surface area contributed by atoms with Gasteiger partial charge in [0.15, 0.2) is 11.6 Å². The molecule has 4 aromatic rings. The van der Waals surface area contributed by atoms with Crippen molar-refractivity contribution in [1.29, 1.82) is 0 Å². The molecule has 2 aromatic heterocycles. The highest BCUT2D eigenvalue weighted by Crippen LogP contribution is 2.23. The number of nitrogens with two attached hydrogens (primary N) is 1. The molecule has 8 nitrogen and oxygen atoms in total. The van der Waals surface area contributed by atoms with Gasteiger partial charge in [-0.2, -0.15) is 10.2 Å². The first-order chi connectivity index (χ1) is 15.3. The number of hydrogen-bond acceptors (Lipinski definition) is 5. The van der Waals surface area contributed by atoms with E-state index in [-0.39, 0.29) is 5.41 Å².